The van der Waals surface area contributed by atoms with Crippen molar-refractivity contribution < 1.29 is 9.53 Å². The molecule has 0 radical (unpaired) electrons. The average molecular weight is 342 g/mol. The number of nitrogens with one attached hydrogen (secondary N) is 1. The maximum atomic E-state index is 12.5. The molecule has 0 aliphatic heterocycles. The first-order valence-corrected chi connectivity index (χ1v) is 7.74. The highest BCUT2D eigenvalue weighted by molar-refractivity contribution is 6.33. The molecule has 0 aliphatic rings. The van der Waals surface area contributed by atoms with E-state index in [9.17, 15) is 4.79 Å². The maximum absolute atomic E-state index is 12.5. The summed E-state index contributed by atoms with van der Waals surface area (Å²) in [5, 5.41) is 3.82. The molecule has 0 unspecified atom stereocenters. The third-order valence-corrected chi connectivity index (χ3v) is 3.94. The van der Waals surface area contributed by atoms with E-state index < -0.39 is 0 Å². The minimum Gasteiger partial charge on any atom is -0.481 e. The van der Waals surface area contributed by atoms with Crippen LogP contribution in [0.2, 0.25) is 5.15 Å². The van der Waals surface area contributed by atoms with Crippen molar-refractivity contribution in [2.45, 2.75) is 13.8 Å². The van der Waals surface area contributed by atoms with Gasteiger partial charge >= 0.3 is 0 Å². The summed E-state index contributed by atoms with van der Waals surface area (Å²) in [6.45, 7) is 3.98. The summed E-state index contributed by atoms with van der Waals surface area (Å²) in [6, 6.07) is 9.16. The fourth-order valence-corrected chi connectivity index (χ4v) is 2.79. The number of benzene rings is 1. The maximum Gasteiger partial charge on any atom is 0.258 e. The molecule has 2 aromatic heterocycles. The zero-order chi connectivity index (χ0) is 17.3. The molecule has 3 rings (SSSR count). The van der Waals surface area contributed by atoms with Gasteiger partial charge in [0.05, 0.1) is 30.1 Å². The van der Waals surface area contributed by atoms with E-state index in [2.05, 4.69) is 15.3 Å². The van der Waals surface area contributed by atoms with Crippen LogP contribution in [-0.2, 0) is 0 Å². The van der Waals surface area contributed by atoms with Crippen molar-refractivity contribution in [1.82, 2.24) is 9.97 Å². The van der Waals surface area contributed by atoms with Crippen LogP contribution in [0.5, 0.6) is 5.88 Å². The van der Waals surface area contributed by atoms with Crippen LogP contribution in [0.15, 0.2) is 36.5 Å². The molecule has 2 heterocycles. The second-order valence-corrected chi connectivity index (χ2v) is 5.88. The highest BCUT2D eigenvalue weighted by Gasteiger charge is 2.15. The molecule has 0 spiro atoms. The van der Waals surface area contributed by atoms with Crippen molar-refractivity contribution in [3.8, 4) is 5.88 Å². The fourth-order valence-electron chi connectivity index (χ4n) is 2.56. The van der Waals surface area contributed by atoms with Crippen LogP contribution in [0.25, 0.3) is 10.9 Å². The number of rotatable bonds is 3. The van der Waals surface area contributed by atoms with Crippen LogP contribution < -0.4 is 10.1 Å². The lowest BCUT2D eigenvalue weighted by molar-refractivity contribution is 0.102. The zero-order valence-corrected chi connectivity index (χ0v) is 14.3. The van der Waals surface area contributed by atoms with E-state index in [0.29, 0.717) is 17.1 Å². The van der Waals surface area contributed by atoms with Crippen molar-refractivity contribution in [3.05, 3.63) is 58.4 Å². The zero-order valence-electron chi connectivity index (χ0n) is 13.6. The molecule has 3 aromatic rings. The van der Waals surface area contributed by atoms with Crippen LogP contribution in [-0.4, -0.2) is 23.0 Å². The highest BCUT2D eigenvalue weighted by Crippen LogP contribution is 2.25. The first-order valence-electron chi connectivity index (χ1n) is 7.37. The topological polar surface area (TPSA) is 64.1 Å². The molecular weight excluding hydrogens is 326 g/mol. The van der Waals surface area contributed by atoms with Gasteiger partial charge in [0.1, 0.15) is 5.15 Å². The van der Waals surface area contributed by atoms with Gasteiger partial charge in [-0.1, -0.05) is 23.2 Å². The number of pyridine rings is 2. The first kappa shape index (κ1) is 16.2. The normalized spacial score (nSPS) is 10.7. The number of fused-ring (bicyclic) bond motifs is 1. The van der Waals surface area contributed by atoms with Crippen LogP contribution in [0.1, 0.15) is 21.5 Å². The largest absolute Gasteiger partial charge is 0.481 e. The Morgan fingerprint density at radius 1 is 1.21 bits per heavy atom. The van der Waals surface area contributed by atoms with Gasteiger partial charge < -0.3 is 10.1 Å². The van der Waals surface area contributed by atoms with Crippen molar-refractivity contribution in [1.29, 1.82) is 0 Å². The molecule has 0 saturated carbocycles. The number of carbonyl (C=O) groups excluding carboxylic acids is 1. The van der Waals surface area contributed by atoms with E-state index in [1.807, 2.05) is 26.0 Å². The summed E-state index contributed by atoms with van der Waals surface area (Å²) < 4.78 is 4.99. The van der Waals surface area contributed by atoms with Crippen molar-refractivity contribution >= 4 is 34.1 Å². The lowest BCUT2D eigenvalue weighted by atomic mass is 10.1. The quantitative estimate of drug-likeness (QED) is 0.726. The molecule has 0 aliphatic carbocycles. The number of methoxy groups -OCH3 is 1. The van der Waals surface area contributed by atoms with Crippen LogP contribution in [0.3, 0.4) is 0 Å². The second kappa shape index (κ2) is 6.45. The minimum absolute atomic E-state index is 0.174. The van der Waals surface area contributed by atoms with Crippen molar-refractivity contribution in [3.63, 3.8) is 0 Å². The van der Waals surface area contributed by atoms with Gasteiger partial charge in [0.15, 0.2) is 0 Å². The number of nitrogens with zero attached hydrogens (tertiary/aromatic N) is 2. The lowest BCUT2D eigenvalue weighted by Crippen LogP contribution is -2.13. The number of carbonyl (C=O) groups is 1. The Morgan fingerprint density at radius 2 is 2.00 bits per heavy atom. The number of aromatic nitrogens is 2. The fraction of sp³-hybridized carbons (Fsp3) is 0.167. The van der Waals surface area contributed by atoms with Gasteiger partial charge in [-0.15, -0.1) is 0 Å². The second-order valence-electron chi connectivity index (χ2n) is 5.52. The van der Waals surface area contributed by atoms with Crippen LogP contribution in [0, 0.1) is 13.8 Å². The number of aryl methyl sites for hydroxylation is 2. The Morgan fingerprint density at radius 3 is 2.67 bits per heavy atom. The monoisotopic (exact) mass is 341 g/mol. The molecule has 6 heteroatoms. The molecular formula is C18H16ClN3O2. The number of halogens is 1. The smallest absolute Gasteiger partial charge is 0.258 e. The summed E-state index contributed by atoms with van der Waals surface area (Å²) >= 11 is 6.22. The van der Waals surface area contributed by atoms with E-state index in [0.717, 1.165) is 22.0 Å². The number of hydrogen-bond acceptors (Lipinski definition) is 4. The Balaban J connectivity index is 1.95. The third-order valence-electron chi connectivity index (χ3n) is 3.65. The molecule has 1 amide bonds. The molecule has 0 fully saturated rings. The molecule has 0 atom stereocenters. The number of amides is 1. The van der Waals surface area contributed by atoms with Crippen LogP contribution >= 0.6 is 11.6 Å². The Kier molecular flexibility index (Phi) is 4.36. The third kappa shape index (κ3) is 3.16. The van der Waals surface area contributed by atoms with E-state index in [1.165, 1.54) is 13.3 Å². The van der Waals surface area contributed by atoms with E-state index >= 15 is 0 Å². The summed E-state index contributed by atoms with van der Waals surface area (Å²) in [5.41, 5.74) is 3.81. The average Bonchev–Trinajstić information content (AvgIpc) is 2.55. The van der Waals surface area contributed by atoms with Gasteiger partial charge in [-0.25, -0.2) is 9.97 Å². The standard InChI is InChI=1S/C18H16ClN3O2/c1-10-6-11(2)16-12(7-10)8-14(17(19)22-16)18(23)21-13-4-5-15(24-3)20-9-13/h4-9H,1-3H3,(H,21,23). The summed E-state index contributed by atoms with van der Waals surface area (Å²) in [6.07, 6.45) is 1.52. The van der Waals surface area contributed by atoms with Gasteiger partial charge in [0.25, 0.3) is 5.91 Å². The van der Waals surface area contributed by atoms with E-state index in [-0.39, 0.29) is 11.1 Å². The summed E-state index contributed by atoms with van der Waals surface area (Å²) in [5.74, 6) is 0.143. The van der Waals surface area contributed by atoms with Crippen LogP contribution in [0.4, 0.5) is 5.69 Å². The molecule has 1 N–H and O–H groups in total. The lowest BCUT2D eigenvalue weighted by Gasteiger charge is -2.10. The van der Waals surface area contributed by atoms with Gasteiger partial charge in [-0.2, -0.15) is 0 Å². The minimum atomic E-state index is -0.333. The van der Waals surface area contributed by atoms with Gasteiger partial charge in [-0.05, 0) is 37.6 Å². The summed E-state index contributed by atoms with van der Waals surface area (Å²) in [7, 11) is 1.53. The molecule has 0 bridgehead atoms. The highest BCUT2D eigenvalue weighted by atomic mass is 35.5. The van der Waals surface area contributed by atoms with E-state index in [4.69, 9.17) is 16.3 Å². The predicted molar refractivity (Wildman–Crippen MR) is 95.0 cm³/mol. The molecule has 122 valence electrons. The SMILES string of the molecule is COc1ccc(NC(=O)c2cc3cc(C)cc(C)c3nc2Cl)cn1. The van der Waals surface area contributed by atoms with E-state index in [1.54, 1.807) is 18.2 Å². The number of anilines is 1. The van der Waals surface area contributed by atoms with Gasteiger partial charge in [0.2, 0.25) is 5.88 Å². The van der Waals surface area contributed by atoms with Gasteiger partial charge in [0, 0.05) is 11.5 Å². The molecule has 1 aromatic carbocycles. The van der Waals surface area contributed by atoms with Gasteiger partial charge in [-0.3, -0.25) is 4.79 Å². The first-order chi connectivity index (χ1) is 11.5. The molecule has 5 nitrogen and oxygen atoms in total. The number of ether oxygens (including phenoxy) is 1. The summed E-state index contributed by atoms with van der Waals surface area (Å²) in [4.78, 5) is 20.9. The number of hydrogen-bond donors (Lipinski definition) is 1. The van der Waals surface area contributed by atoms with Crippen molar-refractivity contribution in [2.24, 2.45) is 0 Å². The molecule has 0 saturated heterocycles. The molecule has 24 heavy (non-hydrogen) atoms. The Bertz CT molecular complexity index is 924. The predicted octanol–water partition coefficient (Wildman–Crippen LogP) is 4.16. The van der Waals surface area contributed by atoms with Crippen molar-refractivity contribution in [2.75, 3.05) is 12.4 Å². The Hall–Kier alpha value is -2.66. The Labute approximate surface area is 144 Å².